The molecular formula is C19H22NO4S-. The zero-order valence-corrected chi connectivity index (χ0v) is 15.3. The van der Waals surface area contributed by atoms with Crippen LogP contribution in [-0.4, -0.2) is 14.4 Å². The van der Waals surface area contributed by atoms with E-state index in [-0.39, 0.29) is 10.3 Å². The minimum Gasteiger partial charge on any atom is -0.550 e. The summed E-state index contributed by atoms with van der Waals surface area (Å²) in [6, 6.07) is 14.3. The molecule has 0 aliphatic heterocycles. The van der Waals surface area contributed by atoms with Crippen LogP contribution in [0, 0.1) is 0 Å². The van der Waals surface area contributed by atoms with Gasteiger partial charge in [0, 0.05) is 12.4 Å². The van der Waals surface area contributed by atoms with E-state index in [0.29, 0.717) is 5.56 Å². The summed E-state index contributed by atoms with van der Waals surface area (Å²) < 4.78 is 27.7. The second-order valence-electron chi connectivity index (χ2n) is 6.94. The van der Waals surface area contributed by atoms with Gasteiger partial charge in [0.2, 0.25) is 10.0 Å². The summed E-state index contributed by atoms with van der Waals surface area (Å²) in [4.78, 5) is 11.1. The molecule has 0 unspecified atom stereocenters. The van der Waals surface area contributed by atoms with Crippen molar-refractivity contribution in [3.63, 3.8) is 0 Å². The molecule has 0 spiro atoms. The zero-order valence-electron chi connectivity index (χ0n) is 14.5. The Balaban J connectivity index is 2.29. The van der Waals surface area contributed by atoms with Gasteiger partial charge in [0.15, 0.2) is 0 Å². The van der Waals surface area contributed by atoms with Gasteiger partial charge in [-0.2, -0.15) is 0 Å². The maximum atomic E-state index is 12.6. The summed E-state index contributed by atoms with van der Waals surface area (Å²) in [5.41, 5.74) is 1.50. The third-order valence-electron chi connectivity index (χ3n) is 3.90. The first-order valence-corrected chi connectivity index (χ1v) is 9.45. The minimum atomic E-state index is -3.86. The molecule has 6 heteroatoms. The first kappa shape index (κ1) is 19.1. The van der Waals surface area contributed by atoms with E-state index in [1.165, 1.54) is 12.1 Å². The van der Waals surface area contributed by atoms with Crippen molar-refractivity contribution in [3.05, 3.63) is 65.7 Å². The molecule has 2 aromatic carbocycles. The van der Waals surface area contributed by atoms with E-state index in [1.807, 2.05) is 20.8 Å². The van der Waals surface area contributed by atoms with E-state index < -0.39 is 28.5 Å². The Labute approximate surface area is 148 Å². The number of carboxylic acid groups (broad SMARTS) is 1. The van der Waals surface area contributed by atoms with Crippen molar-refractivity contribution in [2.45, 2.75) is 43.5 Å². The second-order valence-corrected chi connectivity index (χ2v) is 8.65. The van der Waals surface area contributed by atoms with Crippen molar-refractivity contribution in [1.82, 2.24) is 4.72 Å². The lowest BCUT2D eigenvalue weighted by Crippen LogP contribution is -2.34. The van der Waals surface area contributed by atoms with Gasteiger partial charge in [-0.25, -0.2) is 13.1 Å². The first-order chi connectivity index (χ1) is 11.6. The van der Waals surface area contributed by atoms with E-state index in [9.17, 15) is 18.3 Å². The van der Waals surface area contributed by atoms with E-state index in [1.54, 1.807) is 42.5 Å². The van der Waals surface area contributed by atoms with Crippen molar-refractivity contribution in [1.29, 1.82) is 0 Å². The van der Waals surface area contributed by atoms with Crippen LogP contribution in [0.4, 0.5) is 0 Å². The van der Waals surface area contributed by atoms with Crippen LogP contribution >= 0.6 is 0 Å². The Morgan fingerprint density at radius 2 is 1.60 bits per heavy atom. The van der Waals surface area contributed by atoms with Gasteiger partial charge in [-0.1, -0.05) is 63.2 Å². The van der Waals surface area contributed by atoms with Gasteiger partial charge in [0.25, 0.3) is 0 Å². The van der Waals surface area contributed by atoms with Crippen LogP contribution in [0.3, 0.4) is 0 Å². The fraction of sp³-hybridized carbons (Fsp3) is 0.316. The van der Waals surface area contributed by atoms with Crippen molar-refractivity contribution >= 4 is 16.0 Å². The molecule has 0 amide bonds. The molecule has 2 rings (SSSR count). The topological polar surface area (TPSA) is 86.3 Å². The molecule has 0 aliphatic rings. The molecule has 5 nitrogen and oxygen atoms in total. The van der Waals surface area contributed by atoms with Gasteiger partial charge < -0.3 is 9.90 Å². The maximum Gasteiger partial charge on any atom is 0.241 e. The monoisotopic (exact) mass is 360 g/mol. The lowest BCUT2D eigenvalue weighted by atomic mass is 9.87. The van der Waals surface area contributed by atoms with Crippen LogP contribution in [0.5, 0.6) is 0 Å². The molecule has 0 aliphatic carbocycles. The number of benzene rings is 2. The molecule has 0 heterocycles. The molecule has 0 saturated heterocycles. The van der Waals surface area contributed by atoms with Gasteiger partial charge in [0.05, 0.1) is 10.9 Å². The molecule has 0 radical (unpaired) electrons. The Kier molecular flexibility index (Phi) is 5.65. The lowest BCUT2D eigenvalue weighted by molar-refractivity contribution is -0.306. The van der Waals surface area contributed by atoms with E-state index >= 15 is 0 Å². The summed E-state index contributed by atoms with van der Waals surface area (Å²) in [5.74, 6) is -1.32. The van der Waals surface area contributed by atoms with Crippen LogP contribution in [-0.2, 0) is 20.2 Å². The summed E-state index contributed by atoms with van der Waals surface area (Å²) in [7, 11) is -3.86. The Morgan fingerprint density at radius 1 is 1.04 bits per heavy atom. The van der Waals surface area contributed by atoms with Crippen molar-refractivity contribution in [2.24, 2.45) is 0 Å². The smallest absolute Gasteiger partial charge is 0.241 e. The Morgan fingerprint density at radius 3 is 2.08 bits per heavy atom. The van der Waals surface area contributed by atoms with Crippen molar-refractivity contribution < 1.29 is 18.3 Å². The number of aliphatic carboxylic acids is 1. The highest BCUT2D eigenvalue weighted by molar-refractivity contribution is 7.89. The molecular weight excluding hydrogens is 338 g/mol. The predicted octanol–water partition coefficient (Wildman–Crippen LogP) is 2.14. The summed E-state index contributed by atoms with van der Waals surface area (Å²) in [5, 5.41) is 11.0. The van der Waals surface area contributed by atoms with Gasteiger partial charge in [-0.15, -0.1) is 0 Å². The largest absolute Gasteiger partial charge is 0.550 e. The average Bonchev–Trinajstić information content (AvgIpc) is 2.54. The quantitative estimate of drug-likeness (QED) is 0.855. The van der Waals surface area contributed by atoms with Crippen LogP contribution in [0.2, 0.25) is 0 Å². The maximum absolute atomic E-state index is 12.6. The minimum absolute atomic E-state index is 0.0860. The highest BCUT2D eigenvalue weighted by Crippen LogP contribution is 2.25. The third-order valence-corrected chi connectivity index (χ3v) is 5.39. The Hall–Kier alpha value is -2.18. The molecule has 0 aromatic heterocycles. The van der Waals surface area contributed by atoms with Crippen LogP contribution in [0.1, 0.15) is 44.4 Å². The highest BCUT2D eigenvalue weighted by atomic mass is 32.2. The SMILES string of the molecule is CC(C)(C)c1ccc(S(=O)(=O)N[C@H](CC(=O)[O-])c2ccccc2)cc1. The molecule has 134 valence electrons. The number of hydrogen-bond donors (Lipinski definition) is 1. The lowest BCUT2D eigenvalue weighted by Gasteiger charge is -2.21. The van der Waals surface area contributed by atoms with Crippen molar-refractivity contribution in [3.8, 4) is 0 Å². The average molecular weight is 360 g/mol. The molecule has 1 N–H and O–H groups in total. The molecule has 0 bridgehead atoms. The van der Waals surface area contributed by atoms with Gasteiger partial charge in [0.1, 0.15) is 0 Å². The summed E-state index contributed by atoms with van der Waals surface area (Å²) in [6.45, 7) is 6.13. The number of sulfonamides is 1. The van der Waals surface area contributed by atoms with Gasteiger partial charge in [-0.05, 0) is 28.7 Å². The van der Waals surface area contributed by atoms with Gasteiger partial charge in [-0.3, -0.25) is 0 Å². The van der Waals surface area contributed by atoms with E-state index in [0.717, 1.165) is 5.56 Å². The van der Waals surface area contributed by atoms with Crippen LogP contribution < -0.4 is 9.83 Å². The van der Waals surface area contributed by atoms with E-state index in [2.05, 4.69) is 4.72 Å². The summed E-state index contributed by atoms with van der Waals surface area (Å²) >= 11 is 0. The molecule has 2 aromatic rings. The van der Waals surface area contributed by atoms with E-state index in [4.69, 9.17) is 0 Å². The number of carbonyl (C=O) groups is 1. The fourth-order valence-corrected chi connectivity index (χ4v) is 3.69. The zero-order chi connectivity index (χ0) is 18.7. The number of hydrogen-bond acceptors (Lipinski definition) is 4. The normalized spacial score (nSPS) is 13.4. The summed E-state index contributed by atoms with van der Waals surface area (Å²) in [6.07, 6.45) is -0.441. The molecule has 1 atom stereocenters. The predicted molar refractivity (Wildman–Crippen MR) is 94.3 cm³/mol. The third kappa shape index (κ3) is 5.14. The number of rotatable bonds is 6. The number of nitrogens with one attached hydrogen (secondary N) is 1. The van der Waals surface area contributed by atoms with Crippen LogP contribution in [0.15, 0.2) is 59.5 Å². The molecule has 0 fully saturated rings. The van der Waals surface area contributed by atoms with Gasteiger partial charge >= 0.3 is 0 Å². The fourth-order valence-electron chi connectivity index (χ4n) is 2.47. The molecule has 0 saturated carbocycles. The van der Waals surface area contributed by atoms with Crippen LogP contribution in [0.25, 0.3) is 0 Å². The van der Waals surface area contributed by atoms with Crippen molar-refractivity contribution in [2.75, 3.05) is 0 Å². The Bertz CT molecular complexity index is 822. The standard InChI is InChI=1S/C19H23NO4S/c1-19(2,3)15-9-11-16(12-10-15)25(23,24)20-17(13-18(21)22)14-7-5-4-6-8-14/h4-12,17,20H,13H2,1-3H3,(H,21,22)/p-1/t17-/m1/s1. The number of carbonyl (C=O) groups excluding carboxylic acids is 1. The highest BCUT2D eigenvalue weighted by Gasteiger charge is 2.22. The first-order valence-electron chi connectivity index (χ1n) is 7.97. The number of carboxylic acids is 1. The second kappa shape index (κ2) is 7.37. The molecule has 25 heavy (non-hydrogen) atoms.